The van der Waals surface area contributed by atoms with Gasteiger partial charge in [-0.1, -0.05) is 65.9 Å². The van der Waals surface area contributed by atoms with Gasteiger partial charge in [-0.25, -0.2) is 4.98 Å². The molecular formula is C21H37NOSSi. The average Bonchev–Trinajstić information content (AvgIpc) is 2.53. The van der Waals surface area contributed by atoms with E-state index >= 15 is 0 Å². The number of aromatic nitrogens is 1. The van der Waals surface area contributed by atoms with Crippen molar-refractivity contribution in [3.8, 4) is 0 Å². The van der Waals surface area contributed by atoms with Crippen LogP contribution in [0, 0.1) is 0 Å². The fourth-order valence-corrected chi connectivity index (χ4v) is 4.52. The second kappa shape index (κ2) is 11.1. The van der Waals surface area contributed by atoms with Gasteiger partial charge in [0.05, 0.1) is 0 Å². The SMILES string of the molecule is CCCCCCCC/C=C(\O[Si](C)(C)C(C)(C)C)Sc1ccccn1. The van der Waals surface area contributed by atoms with Gasteiger partial charge < -0.3 is 4.43 Å². The molecule has 2 nitrogen and oxygen atoms in total. The maximum Gasteiger partial charge on any atom is 0.251 e. The first-order valence-electron chi connectivity index (χ1n) is 9.74. The largest absolute Gasteiger partial charge is 0.539 e. The van der Waals surface area contributed by atoms with Crippen molar-refractivity contribution in [3.05, 3.63) is 35.6 Å². The van der Waals surface area contributed by atoms with Crippen LogP contribution in [0.25, 0.3) is 0 Å². The van der Waals surface area contributed by atoms with Gasteiger partial charge in [-0.3, -0.25) is 0 Å². The van der Waals surface area contributed by atoms with E-state index in [0.29, 0.717) is 0 Å². The van der Waals surface area contributed by atoms with Crippen molar-refractivity contribution in [2.75, 3.05) is 0 Å². The summed E-state index contributed by atoms with van der Waals surface area (Å²) >= 11 is 1.67. The first-order valence-corrected chi connectivity index (χ1v) is 13.5. The van der Waals surface area contributed by atoms with Gasteiger partial charge in [0, 0.05) is 6.20 Å². The van der Waals surface area contributed by atoms with Crippen LogP contribution in [0.15, 0.2) is 40.6 Å². The Bertz CT molecular complexity index is 508. The lowest BCUT2D eigenvalue weighted by Gasteiger charge is -2.37. The van der Waals surface area contributed by atoms with E-state index in [1.54, 1.807) is 11.8 Å². The monoisotopic (exact) mass is 379 g/mol. The molecule has 0 amide bonds. The second-order valence-electron chi connectivity index (χ2n) is 8.21. The molecule has 25 heavy (non-hydrogen) atoms. The maximum atomic E-state index is 6.57. The van der Waals surface area contributed by atoms with E-state index < -0.39 is 8.32 Å². The first-order chi connectivity index (χ1) is 11.8. The van der Waals surface area contributed by atoms with Crippen LogP contribution in [0.5, 0.6) is 0 Å². The Morgan fingerprint density at radius 1 is 1.12 bits per heavy atom. The lowest BCUT2D eigenvalue weighted by atomic mass is 10.1. The molecular weight excluding hydrogens is 342 g/mol. The van der Waals surface area contributed by atoms with Gasteiger partial charge in [-0.15, -0.1) is 0 Å². The molecule has 0 aromatic carbocycles. The number of rotatable bonds is 11. The highest BCUT2D eigenvalue weighted by Gasteiger charge is 2.39. The summed E-state index contributed by atoms with van der Waals surface area (Å²) < 4.78 is 6.57. The van der Waals surface area contributed by atoms with Crippen LogP contribution < -0.4 is 0 Å². The van der Waals surface area contributed by atoms with Gasteiger partial charge in [0.2, 0.25) is 0 Å². The Kier molecular flexibility index (Phi) is 9.88. The van der Waals surface area contributed by atoms with E-state index in [1.807, 2.05) is 18.3 Å². The molecule has 0 saturated heterocycles. The van der Waals surface area contributed by atoms with Crippen LogP contribution in [0.4, 0.5) is 0 Å². The molecule has 0 atom stereocenters. The van der Waals surface area contributed by atoms with Crippen LogP contribution in [0.3, 0.4) is 0 Å². The van der Waals surface area contributed by atoms with Gasteiger partial charge in [-0.05, 0) is 60.9 Å². The van der Waals surface area contributed by atoms with E-state index in [-0.39, 0.29) is 5.04 Å². The van der Waals surface area contributed by atoms with E-state index in [0.717, 1.165) is 16.5 Å². The van der Waals surface area contributed by atoms with Crippen LogP contribution in [0.2, 0.25) is 18.1 Å². The standard InChI is InChI=1S/C21H37NOSSi/c1-7-8-9-10-11-12-13-17-20(23-25(5,6)21(2,3)4)24-19-16-14-15-18-22-19/h14-18H,7-13H2,1-6H3/b20-17+. The number of hydrogen-bond donors (Lipinski definition) is 0. The third-order valence-electron chi connectivity index (χ3n) is 4.87. The van der Waals surface area contributed by atoms with Crippen molar-refractivity contribution in [2.45, 2.75) is 95.8 Å². The highest BCUT2D eigenvalue weighted by molar-refractivity contribution is 8.02. The maximum absolute atomic E-state index is 6.57. The number of unbranched alkanes of at least 4 members (excludes halogenated alkanes) is 6. The summed E-state index contributed by atoms with van der Waals surface area (Å²) in [6, 6.07) is 6.05. The molecule has 1 rings (SSSR count). The molecule has 0 aliphatic carbocycles. The molecule has 4 heteroatoms. The first kappa shape index (κ1) is 22.3. The number of hydrogen-bond acceptors (Lipinski definition) is 3. The molecule has 1 aromatic rings. The molecule has 1 heterocycles. The summed E-state index contributed by atoms with van der Waals surface area (Å²) in [5, 5.41) is 2.26. The van der Waals surface area contributed by atoms with Crippen LogP contribution >= 0.6 is 11.8 Å². The van der Waals surface area contributed by atoms with Gasteiger partial charge >= 0.3 is 0 Å². The number of nitrogens with zero attached hydrogens (tertiary/aromatic N) is 1. The average molecular weight is 380 g/mol. The van der Waals surface area contributed by atoms with Crippen molar-refractivity contribution in [1.29, 1.82) is 0 Å². The Morgan fingerprint density at radius 3 is 2.40 bits per heavy atom. The topological polar surface area (TPSA) is 22.1 Å². The minimum atomic E-state index is -1.82. The molecule has 0 bridgehead atoms. The van der Waals surface area contributed by atoms with Crippen molar-refractivity contribution in [1.82, 2.24) is 4.98 Å². The Hall–Kier alpha value is -0.743. The predicted molar refractivity (Wildman–Crippen MR) is 114 cm³/mol. The van der Waals surface area contributed by atoms with Crippen molar-refractivity contribution in [2.24, 2.45) is 0 Å². The zero-order valence-corrected chi connectivity index (χ0v) is 18.9. The summed E-state index contributed by atoms with van der Waals surface area (Å²) in [5.41, 5.74) is 0. The summed E-state index contributed by atoms with van der Waals surface area (Å²) in [7, 11) is -1.82. The fraction of sp³-hybridized carbons (Fsp3) is 0.667. The number of thioether (sulfide) groups is 1. The van der Waals surface area contributed by atoms with Gasteiger partial charge in [0.15, 0.2) is 0 Å². The summed E-state index contributed by atoms with van der Waals surface area (Å²) in [4.78, 5) is 4.45. The molecule has 0 unspecified atom stereocenters. The lowest BCUT2D eigenvalue weighted by molar-refractivity contribution is 0.415. The highest BCUT2D eigenvalue weighted by atomic mass is 32.2. The minimum absolute atomic E-state index is 0.205. The molecule has 0 fully saturated rings. The third kappa shape index (κ3) is 8.95. The van der Waals surface area contributed by atoms with Crippen LogP contribution in [-0.2, 0) is 4.43 Å². The van der Waals surface area contributed by atoms with Crippen molar-refractivity contribution >= 4 is 20.1 Å². The zero-order chi connectivity index (χ0) is 18.8. The number of allylic oxidation sites excluding steroid dienone is 1. The summed E-state index contributed by atoms with van der Waals surface area (Å²) in [6.07, 6.45) is 13.2. The smallest absolute Gasteiger partial charge is 0.251 e. The molecule has 0 aliphatic rings. The molecule has 0 N–H and O–H groups in total. The Labute approximate surface area is 161 Å². The molecule has 0 saturated carbocycles. The summed E-state index contributed by atoms with van der Waals surface area (Å²) in [6.45, 7) is 13.7. The predicted octanol–water partition coefficient (Wildman–Crippen LogP) is 7.79. The van der Waals surface area contributed by atoms with Gasteiger partial charge in [0.25, 0.3) is 8.32 Å². The fourth-order valence-electron chi connectivity index (χ4n) is 2.16. The van der Waals surface area contributed by atoms with Crippen molar-refractivity contribution in [3.63, 3.8) is 0 Å². The molecule has 0 radical (unpaired) electrons. The second-order valence-corrected chi connectivity index (χ2v) is 14.0. The van der Waals surface area contributed by atoms with E-state index in [4.69, 9.17) is 4.43 Å². The van der Waals surface area contributed by atoms with Crippen molar-refractivity contribution < 1.29 is 4.43 Å². The third-order valence-corrected chi connectivity index (χ3v) is 10.3. The van der Waals surface area contributed by atoms with E-state index in [9.17, 15) is 0 Å². The molecule has 0 aliphatic heterocycles. The quantitative estimate of drug-likeness (QED) is 0.169. The normalized spacial score (nSPS) is 13.1. The molecule has 142 valence electrons. The van der Waals surface area contributed by atoms with Crippen LogP contribution in [0.1, 0.15) is 72.6 Å². The lowest BCUT2D eigenvalue weighted by Crippen LogP contribution is -2.40. The van der Waals surface area contributed by atoms with Gasteiger partial charge in [-0.2, -0.15) is 0 Å². The zero-order valence-electron chi connectivity index (χ0n) is 17.1. The van der Waals surface area contributed by atoms with E-state index in [1.165, 1.54) is 38.5 Å². The minimum Gasteiger partial charge on any atom is -0.539 e. The highest BCUT2D eigenvalue weighted by Crippen LogP contribution is 2.40. The van der Waals surface area contributed by atoms with E-state index in [2.05, 4.69) is 57.9 Å². The number of pyridine rings is 1. The Morgan fingerprint density at radius 2 is 1.80 bits per heavy atom. The van der Waals surface area contributed by atoms with Crippen LogP contribution in [-0.4, -0.2) is 13.3 Å². The molecule has 1 aromatic heterocycles. The summed E-state index contributed by atoms with van der Waals surface area (Å²) in [5.74, 6) is 0. The Balaban J connectivity index is 2.66. The molecule has 0 spiro atoms. The van der Waals surface area contributed by atoms with Gasteiger partial charge in [0.1, 0.15) is 10.1 Å².